The molecular weight excluding hydrogens is 264 g/mol. The predicted octanol–water partition coefficient (Wildman–Crippen LogP) is 4.62. The van der Waals surface area contributed by atoms with Crippen LogP contribution >= 0.6 is 0 Å². The van der Waals surface area contributed by atoms with Gasteiger partial charge in [0, 0.05) is 6.42 Å². The molecular formula is C18H28O3. The molecule has 1 aromatic carbocycles. The van der Waals surface area contributed by atoms with Gasteiger partial charge in [-0.05, 0) is 37.0 Å². The highest BCUT2D eigenvalue weighted by Gasteiger charge is 2.02. The Hall–Kier alpha value is -1.51. The minimum absolute atomic E-state index is 0.0730. The quantitative estimate of drug-likeness (QED) is 0.478. The van der Waals surface area contributed by atoms with Crippen molar-refractivity contribution in [2.24, 2.45) is 0 Å². The van der Waals surface area contributed by atoms with Crippen molar-refractivity contribution in [3.05, 3.63) is 29.8 Å². The highest BCUT2D eigenvalue weighted by atomic mass is 16.5. The van der Waals surface area contributed by atoms with Gasteiger partial charge in [-0.15, -0.1) is 0 Å². The lowest BCUT2D eigenvalue weighted by molar-refractivity contribution is -0.143. The van der Waals surface area contributed by atoms with Crippen molar-refractivity contribution in [2.75, 3.05) is 6.61 Å². The molecule has 1 N–H and O–H groups in total. The Morgan fingerprint density at radius 1 is 1.00 bits per heavy atom. The van der Waals surface area contributed by atoms with Crippen molar-refractivity contribution in [1.29, 1.82) is 0 Å². The van der Waals surface area contributed by atoms with E-state index in [-0.39, 0.29) is 11.7 Å². The molecule has 3 heteroatoms. The smallest absolute Gasteiger partial charge is 0.305 e. The lowest BCUT2D eigenvalue weighted by atomic mass is 10.1. The third kappa shape index (κ3) is 9.11. The van der Waals surface area contributed by atoms with E-state index >= 15 is 0 Å². The van der Waals surface area contributed by atoms with Crippen molar-refractivity contribution in [1.82, 2.24) is 0 Å². The summed E-state index contributed by atoms with van der Waals surface area (Å²) in [5.74, 6) is 0.209. The summed E-state index contributed by atoms with van der Waals surface area (Å²) in [7, 11) is 0. The van der Waals surface area contributed by atoms with Crippen molar-refractivity contribution in [3.63, 3.8) is 0 Å². The number of benzene rings is 1. The van der Waals surface area contributed by atoms with Crippen molar-refractivity contribution in [3.8, 4) is 5.75 Å². The number of ether oxygens (including phenoxy) is 1. The van der Waals surface area contributed by atoms with Gasteiger partial charge in [-0.1, -0.05) is 51.2 Å². The molecule has 0 heterocycles. The number of phenols is 1. The van der Waals surface area contributed by atoms with Gasteiger partial charge in [0.15, 0.2) is 0 Å². The monoisotopic (exact) mass is 292 g/mol. The van der Waals surface area contributed by atoms with Crippen molar-refractivity contribution >= 4 is 5.97 Å². The van der Waals surface area contributed by atoms with Gasteiger partial charge in [0.05, 0.1) is 6.61 Å². The molecule has 0 unspecified atom stereocenters. The molecule has 0 aliphatic heterocycles. The molecule has 21 heavy (non-hydrogen) atoms. The van der Waals surface area contributed by atoms with Gasteiger partial charge in [-0.25, -0.2) is 0 Å². The molecule has 0 aliphatic rings. The predicted molar refractivity (Wildman–Crippen MR) is 85.4 cm³/mol. The lowest BCUT2D eigenvalue weighted by Gasteiger charge is -2.05. The minimum atomic E-state index is -0.0730. The third-order valence-electron chi connectivity index (χ3n) is 3.54. The Kier molecular flexibility index (Phi) is 9.34. The Labute approximate surface area is 128 Å². The van der Waals surface area contributed by atoms with Crippen LogP contribution in [0.1, 0.15) is 63.9 Å². The maximum Gasteiger partial charge on any atom is 0.305 e. The number of carbonyl (C=O) groups excluding carboxylic acids is 1. The average molecular weight is 292 g/mol. The van der Waals surface area contributed by atoms with Gasteiger partial charge in [0.1, 0.15) is 5.75 Å². The van der Waals surface area contributed by atoms with Gasteiger partial charge in [0.25, 0.3) is 0 Å². The van der Waals surface area contributed by atoms with Gasteiger partial charge in [-0.2, -0.15) is 0 Å². The van der Waals surface area contributed by atoms with Crippen LogP contribution in [-0.2, 0) is 16.0 Å². The van der Waals surface area contributed by atoms with Crippen LogP contribution in [0.4, 0.5) is 0 Å². The third-order valence-corrected chi connectivity index (χ3v) is 3.54. The fourth-order valence-corrected chi connectivity index (χ4v) is 2.25. The molecule has 0 atom stereocenters. The molecule has 3 nitrogen and oxygen atoms in total. The number of aromatic hydroxyl groups is 1. The van der Waals surface area contributed by atoms with E-state index in [9.17, 15) is 9.90 Å². The first kappa shape index (κ1) is 17.5. The number of carbonyl (C=O) groups is 1. The van der Waals surface area contributed by atoms with E-state index in [1.54, 1.807) is 12.1 Å². The summed E-state index contributed by atoms with van der Waals surface area (Å²) in [6.07, 6.45) is 9.36. The van der Waals surface area contributed by atoms with Gasteiger partial charge >= 0.3 is 5.97 Å². The topological polar surface area (TPSA) is 46.5 Å². The van der Waals surface area contributed by atoms with E-state index in [0.717, 1.165) is 31.2 Å². The zero-order valence-electron chi connectivity index (χ0n) is 13.1. The molecule has 0 spiro atoms. The maximum absolute atomic E-state index is 11.5. The fourth-order valence-electron chi connectivity index (χ4n) is 2.25. The largest absolute Gasteiger partial charge is 0.508 e. The molecule has 0 saturated heterocycles. The molecule has 0 aliphatic carbocycles. The lowest BCUT2D eigenvalue weighted by Crippen LogP contribution is -2.06. The SMILES string of the molecule is CCCCCCCCC(=O)OCCCc1ccc(O)cc1. The molecule has 1 rings (SSSR count). The van der Waals surface area contributed by atoms with E-state index in [4.69, 9.17) is 4.74 Å². The van der Waals surface area contributed by atoms with E-state index in [1.807, 2.05) is 12.1 Å². The molecule has 0 bridgehead atoms. The summed E-state index contributed by atoms with van der Waals surface area (Å²) < 4.78 is 5.23. The first-order chi connectivity index (χ1) is 10.2. The molecule has 0 amide bonds. The van der Waals surface area contributed by atoms with Crippen LogP contribution in [-0.4, -0.2) is 17.7 Å². The maximum atomic E-state index is 11.5. The van der Waals surface area contributed by atoms with Gasteiger partial charge in [0.2, 0.25) is 0 Å². The molecule has 0 saturated carbocycles. The Balaban J connectivity index is 1.97. The fraction of sp³-hybridized carbons (Fsp3) is 0.611. The second-order valence-electron chi connectivity index (χ2n) is 5.51. The summed E-state index contributed by atoms with van der Waals surface area (Å²) >= 11 is 0. The average Bonchev–Trinajstić information content (AvgIpc) is 2.49. The number of hydrogen-bond donors (Lipinski definition) is 1. The Morgan fingerprint density at radius 3 is 2.38 bits per heavy atom. The second-order valence-corrected chi connectivity index (χ2v) is 5.51. The number of aryl methyl sites for hydroxylation is 1. The Bertz CT molecular complexity index is 384. The van der Waals surface area contributed by atoms with Crippen molar-refractivity contribution in [2.45, 2.75) is 64.7 Å². The minimum Gasteiger partial charge on any atom is -0.508 e. The van der Waals surface area contributed by atoms with E-state index in [1.165, 1.54) is 25.7 Å². The van der Waals surface area contributed by atoms with Crippen LogP contribution in [0.2, 0.25) is 0 Å². The number of esters is 1. The summed E-state index contributed by atoms with van der Waals surface area (Å²) in [5, 5.41) is 9.18. The number of unbranched alkanes of at least 4 members (excludes halogenated alkanes) is 5. The highest BCUT2D eigenvalue weighted by molar-refractivity contribution is 5.69. The molecule has 118 valence electrons. The van der Waals surface area contributed by atoms with E-state index in [2.05, 4.69) is 6.92 Å². The summed E-state index contributed by atoms with van der Waals surface area (Å²) in [6.45, 7) is 2.69. The standard InChI is InChI=1S/C18H28O3/c1-2-3-4-5-6-7-10-18(20)21-15-8-9-16-11-13-17(19)14-12-16/h11-14,19H,2-10,15H2,1H3. The van der Waals surface area contributed by atoms with Crippen LogP contribution in [0.5, 0.6) is 5.75 Å². The summed E-state index contributed by atoms with van der Waals surface area (Å²) in [6, 6.07) is 7.15. The number of rotatable bonds is 11. The zero-order valence-corrected chi connectivity index (χ0v) is 13.1. The zero-order chi connectivity index (χ0) is 15.3. The number of phenolic OH excluding ortho intramolecular Hbond substituents is 1. The molecule has 0 aromatic heterocycles. The number of hydrogen-bond acceptors (Lipinski definition) is 3. The highest BCUT2D eigenvalue weighted by Crippen LogP contribution is 2.11. The second kappa shape index (κ2) is 11.2. The van der Waals surface area contributed by atoms with E-state index < -0.39 is 0 Å². The molecule has 1 aromatic rings. The molecule has 0 fully saturated rings. The van der Waals surface area contributed by atoms with Crippen LogP contribution in [0.3, 0.4) is 0 Å². The molecule has 0 radical (unpaired) electrons. The Morgan fingerprint density at radius 2 is 1.67 bits per heavy atom. The summed E-state index contributed by atoms with van der Waals surface area (Å²) in [4.78, 5) is 11.5. The first-order valence-electron chi connectivity index (χ1n) is 8.16. The van der Waals surface area contributed by atoms with Crippen LogP contribution in [0.25, 0.3) is 0 Å². The summed E-state index contributed by atoms with van der Waals surface area (Å²) in [5.41, 5.74) is 1.15. The first-order valence-corrected chi connectivity index (χ1v) is 8.16. The van der Waals surface area contributed by atoms with Crippen LogP contribution < -0.4 is 0 Å². The van der Waals surface area contributed by atoms with Crippen molar-refractivity contribution < 1.29 is 14.6 Å². The van der Waals surface area contributed by atoms with Crippen LogP contribution in [0.15, 0.2) is 24.3 Å². The normalized spacial score (nSPS) is 10.5. The van der Waals surface area contributed by atoms with Gasteiger partial charge in [-0.3, -0.25) is 4.79 Å². The van der Waals surface area contributed by atoms with Crippen LogP contribution in [0, 0.1) is 0 Å². The van der Waals surface area contributed by atoms with E-state index in [0.29, 0.717) is 13.0 Å². The van der Waals surface area contributed by atoms with Gasteiger partial charge < -0.3 is 9.84 Å².